The minimum absolute atomic E-state index is 0.0801. The number of aromatic carboxylic acids is 1. The Kier molecular flexibility index (Phi) is 3.39. The van der Waals surface area contributed by atoms with Crippen LogP contribution in [-0.4, -0.2) is 30.8 Å². The Morgan fingerprint density at radius 1 is 1.12 bits per heavy atom. The zero-order chi connectivity index (χ0) is 17.4. The maximum Gasteiger partial charge on any atom is 0.335 e. The van der Waals surface area contributed by atoms with Crippen molar-refractivity contribution in [3.8, 4) is 17.1 Å². The van der Waals surface area contributed by atoms with Crippen LogP contribution in [0.2, 0.25) is 0 Å². The molecule has 7 nitrogen and oxygen atoms in total. The van der Waals surface area contributed by atoms with Crippen molar-refractivity contribution in [2.45, 2.75) is 0 Å². The number of hydrogen-bond acceptors (Lipinski definition) is 4. The molecule has 0 atom stereocenters. The molecular weight excluding hydrogens is 320 g/mol. The Hall–Kier alpha value is -3.74. The van der Waals surface area contributed by atoms with E-state index in [0.717, 1.165) is 5.69 Å². The highest BCUT2D eigenvalue weighted by molar-refractivity contribution is 5.93. The molecule has 0 aliphatic rings. The maximum absolute atomic E-state index is 12.3. The lowest BCUT2D eigenvalue weighted by Crippen LogP contribution is -2.10. The van der Waals surface area contributed by atoms with E-state index in [2.05, 4.69) is 15.1 Å². The van der Waals surface area contributed by atoms with Crippen LogP contribution in [0.4, 0.5) is 0 Å². The highest BCUT2D eigenvalue weighted by Gasteiger charge is 2.11. The van der Waals surface area contributed by atoms with E-state index >= 15 is 0 Å². The topological polar surface area (TPSA) is 101 Å². The average molecular weight is 332 g/mol. The maximum atomic E-state index is 12.3. The van der Waals surface area contributed by atoms with Gasteiger partial charge in [-0.15, -0.1) is 0 Å². The Labute approximate surface area is 141 Å². The van der Waals surface area contributed by atoms with Gasteiger partial charge in [0.2, 0.25) is 0 Å². The molecule has 2 heterocycles. The van der Waals surface area contributed by atoms with E-state index in [4.69, 9.17) is 5.11 Å². The molecule has 122 valence electrons. The van der Waals surface area contributed by atoms with Crippen LogP contribution < -0.4 is 5.56 Å². The van der Waals surface area contributed by atoms with E-state index in [9.17, 15) is 9.59 Å². The van der Waals surface area contributed by atoms with Crippen LogP contribution in [0.3, 0.4) is 0 Å². The Morgan fingerprint density at radius 2 is 1.92 bits per heavy atom. The molecule has 2 aromatic heterocycles. The zero-order valence-corrected chi connectivity index (χ0v) is 12.9. The molecule has 25 heavy (non-hydrogen) atoms. The third-order valence-corrected chi connectivity index (χ3v) is 3.83. The number of H-pyrrole nitrogens is 1. The molecule has 0 aliphatic carbocycles. The second-order valence-electron chi connectivity index (χ2n) is 5.46. The number of carboxylic acids is 1. The number of carboxylic acid groups (broad SMARTS) is 1. The summed E-state index contributed by atoms with van der Waals surface area (Å²) in [6.45, 7) is 0. The number of rotatable bonds is 3. The summed E-state index contributed by atoms with van der Waals surface area (Å²) in [7, 11) is 0. The largest absolute Gasteiger partial charge is 0.478 e. The number of hydrogen-bond donors (Lipinski definition) is 2. The van der Waals surface area contributed by atoms with Crippen LogP contribution in [0.15, 0.2) is 65.7 Å². The summed E-state index contributed by atoms with van der Waals surface area (Å²) < 4.78 is 1.67. The van der Waals surface area contributed by atoms with Crippen molar-refractivity contribution in [3.05, 3.63) is 76.8 Å². The summed E-state index contributed by atoms with van der Waals surface area (Å²) in [5.41, 5.74) is 1.58. The van der Waals surface area contributed by atoms with Gasteiger partial charge in [0.15, 0.2) is 0 Å². The van der Waals surface area contributed by atoms with Gasteiger partial charge in [-0.05, 0) is 30.3 Å². The molecule has 4 rings (SSSR count). The quantitative estimate of drug-likeness (QED) is 0.600. The lowest BCUT2D eigenvalue weighted by Gasteiger charge is -2.02. The first kappa shape index (κ1) is 14.8. The number of nitrogens with zero attached hydrogens (tertiary/aromatic N) is 3. The monoisotopic (exact) mass is 332 g/mol. The van der Waals surface area contributed by atoms with Gasteiger partial charge >= 0.3 is 5.97 Å². The van der Waals surface area contributed by atoms with E-state index in [-0.39, 0.29) is 11.1 Å². The molecule has 0 bridgehead atoms. The van der Waals surface area contributed by atoms with Crippen molar-refractivity contribution in [1.82, 2.24) is 19.7 Å². The highest BCUT2D eigenvalue weighted by atomic mass is 16.4. The predicted molar refractivity (Wildman–Crippen MR) is 91.9 cm³/mol. The minimum atomic E-state index is -1.07. The van der Waals surface area contributed by atoms with Gasteiger partial charge < -0.3 is 10.1 Å². The van der Waals surface area contributed by atoms with E-state index in [0.29, 0.717) is 22.3 Å². The van der Waals surface area contributed by atoms with Gasteiger partial charge in [-0.3, -0.25) is 4.79 Å². The molecule has 0 aliphatic heterocycles. The molecule has 2 aromatic carbocycles. The van der Waals surface area contributed by atoms with E-state index < -0.39 is 5.97 Å². The molecule has 0 radical (unpaired) electrons. The number of carbonyl (C=O) groups is 1. The van der Waals surface area contributed by atoms with Gasteiger partial charge in [0, 0.05) is 6.20 Å². The standard InChI is InChI=1S/C18H12N4O3/c23-17-14-7-6-11(18(24)25)8-15(14)20-16(21-17)12-9-19-22(10-12)13-4-2-1-3-5-13/h1-10H,(H,24,25)(H,20,21,23). The average Bonchev–Trinajstić information content (AvgIpc) is 3.12. The summed E-state index contributed by atoms with van der Waals surface area (Å²) in [6.07, 6.45) is 3.35. The van der Waals surface area contributed by atoms with Gasteiger partial charge in [-0.2, -0.15) is 5.10 Å². The Balaban J connectivity index is 1.83. The lowest BCUT2D eigenvalue weighted by molar-refractivity contribution is 0.0697. The second-order valence-corrected chi connectivity index (χ2v) is 5.46. The number of para-hydroxylation sites is 1. The first-order valence-electron chi connectivity index (χ1n) is 7.50. The van der Waals surface area contributed by atoms with E-state index in [1.165, 1.54) is 18.2 Å². The number of nitrogens with one attached hydrogen (secondary N) is 1. The fourth-order valence-electron chi connectivity index (χ4n) is 2.58. The molecule has 2 N–H and O–H groups in total. The minimum Gasteiger partial charge on any atom is -0.478 e. The zero-order valence-electron chi connectivity index (χ0n) is 12.9. The fourth-order valence-corrected chi connectivity index (χ4v) is 2.58. The number of aromatic nitrogens is 4. The Bertz CT molecular complexity index is 1150. The molecule has 7 heteroatoms. The summed E-state index contributed by atoms with van der Waals surface area (Å²) >= 11 is 0. The summed E-state index contributed by atoms with van der Waals surface area (Å²) in [5.74, 6) is -0.732. The van der Waals surface area contributed by atoms with Crippen molar-refractivity contribution < 1.29 is 9.90 Å². The Morgan fingerprint density at radius 3 is 2.68 bits per heavy atom. The van der Waals surface area contributed by atoms with Crippen LogP contribution in [-0.2, 0) is 0 Å². The molecule has 0 unspecified atom stereocenters. The van der Waals surface area contributed by atoms with Gasteiger partial charge in [0.25, 0.3) is 5.56 Å². The summed E-state index contributed by atoms with van der Waals surface area (Å²) in [6, 6.07) is 13.8. The summed E-state index contributed by atoms with van der Waals surface area (Å²) in [5, 5.41) is 13.7. The second kappa shape index (κ2) is 5.72. The molecule has 4 aromatic rings. The molecule has 0 spiro atoms. The highest BCUT2D eigenvalue weighted by Crippen LogP contribution is 2.18. The van der Waals surface area contributed by atoms with Crippen molar-refractivity contribution >= 4 is 16.9 Å². The van der Waals surface area contributed by atoms with Gasteiger partial charge in [0.05, 0.1) is 33.9 Å². The van der Waals surface area contributed by atoms with Crippen molar-refractivity contribution in [1.29, 1.82) is 0 Å². The van der Waals surface area contributed by atoms with Crippen LogP contribution in [0.5, 0.6) is 0 Å². The first-order chi connectivity index (χ1) is 12.1. The van der Waals surface area contributed by atoms with E-state index in [1.807, 2.05) is 30.3 Å². The summed E-state index contributed by atoms with van der Waals surface area (Å²) in [4.78, 5) is 30.5. The number of fused-ring (bicyclic) bond motifs is 1. The van der Waals surface area contributed by atoms with Crippen molar-refractivity contribution in [3.63, 3.8) is 0 Å². The lowest BCUT2D eigenvalue weighted by atomic mass is 10.1. The van der Waals surface area contributed by atoms with Gasteiger partial charge in [-0.25, -0.2) is 14.5 Å². The van der Waals surface area contributed by atoms with E-state index in [1.54, 1.807) is 17.1 Å². The molecule has 0 amide bonds. The van der Waals surface area contributed by atoms with Crippen LogP contribution in [0.25, 0.3) is 28.0 Å². The first-order valence-corrected chi connectivity index (χ1v) is 7.50. The third kappa shape index (κ3) is 2.67. The van der Waals surface area contributed by atoms with Crippen LogP contribution in [0, 0.1) is 0 Å². The SMILES string of the molecule is O=C(O)c1ccc2c(=O)[nH]c(-c3cnn(-c4ccccc4)c3)nc2c1. The van der Waals surface area contributed by atoms with Crippen LogP contribution in [0.1, 0.15) is 10.4 Å². The van der Waals surface area contributed by atoms with Crippen molar-refractivity contribution in [2.24, 2.45) is 0 Å². The van der Waals surface area contributed by atoms with Crippen molar-refractivity contribution in [2.75, 3.05) is 0 Å². The normalized spacial score (nSPS) is 10.9. The van der Waals surface area contributed by atoms with Crippen LogP contribution >= 0.6 is 0 Å². The van der Waals surface area contributed by atoms with Gasteiger partial charge in [0.1, 0.15) is 5.82 Å². The molecule has 0 saturated carbocycles. The molecule has 0 saturated heterocycles. The molecule has 0 fully saturated rings. The predicted octanol–water partition coefficient (Wildman–Crippen LogP) is 2.47. The fraction of sp³-hybridized carbons (Fsp3) is 0. The smallest absolute Gasteiger partial charge is 0.335 e. The third-order valence-electron chi connectivity index (χ3n) is 3.83. The molecular formula is C18H12N4O3. The number of benzene rings is 2. The number of aromatic amines is 1. The van der Waals surface area contributed by atoms with Gasteiger partial charge in [-0.1, -0.05) is 18.2 Å².